The minimum Gasteiger partial charge on any atom is -0.391 e. The van der Waals surface area contributed by atoms with Crippen LogP contribution in [-0.4, -0.2) is 23.7 Å². The van der Waals surface area contributed by atoms with Crippen LogP contribution in [0.15, 0.2) is 36.4 Å². The molecule has 27 heavy (non-hydrogen) atoms. The molecule has 2 aromatic carbocycles. The van der Waals surface area contributed by atoms with Gasteiger partial charge in [0.05, 0.1) is 28.1 Å². The van der Waals surface area contributed by atoms with E-state index in [-0.39, 0.29) is 17.9 Å². The van der Waals surface area contributed by atoms with E-state index in [1.807, 2.05) is 19.9 Å². The van der Waals surface area contributed by atoms with E-state index < -0.39 is 17.8 Å². The molecule has 0 aromatic heterocycles. The van der Waals surface area contributed by atoms with Crippen LogP contribution in [0, 0.1) is 15.3 Å². The van der Waals surface area contributed by atoms with Gasteiger partial charge in [-0.3, -0.25) is 9.63 Å². The number of rotatable bonds is 8. The second-order valence-corrected chi connectivity index (χ2v) is 8.12. The van der Waals surface area contributed by atoms with Crippen LogP contribution >= 0.6 is 34.2 Å². The van der Waals surface area contributed by atoms with Crippen molar-refractivity contribution in [1.29, 1.82) is 0 Å². The van der Waals surface area contributed by atoms with Gasteiger partial charge in [0.15, 0.2) is 0 Å². The Morgan fingerprint density at radius 2 is 2.00 bits per heavy atom. The highest BCUT2D eigenvalue weighted by molar-refractivity contribution is 14.1. The predicted molar refractivity (Wildman–Crippen MR) is 113 cm³/mol. The van der Waals surface area contributed by atoms with E-state index in [2.05, 4.69) is 33.4 Å². The number of hydrogen-bond acceptors (Lipinski definition) is 4. The standard InChI is InChI=1S/C19H21ClFIN2O3/c1-11(2)7-14(25)10-27-24-19(26)15-5-3-12(21)8-18(15)23-17-6-4-13(22)9-16(17)20/h3-6,8-9,11,14,23,25H,7,10H2,1-2H3,(H,24,26). The van der Waals surface area contributed by atoms with Crippen LogP contribution in [0.2, 0.25) is 5.02 Å². The van der Waals surface area contributed by atoms with Crippen LogP contribution in [0.3, 0.4) is 0 Å². The number of benzene rings is 2. The van der Waals surface area contributed by atoms with Crippen molar-refractivity contribution in [3.05, 3.63) is 56.4 Å². The van der Waals surface area contributed by atoms with Crippen molar-refractivity contribution in [2.24, 2.45) is 5.92 Å². The number of aliphatic hydroxyl groups excluding tert-OH is 1. The van der Waals surface area contributed by atoms with Gasteiger partial charge in [-0.05, 0) is 71.3 Å². The third kappa shape index (κ3) is 6.91. The van der Waals surface area contributed by atoms with E-state index in [0.29, 0.717) is 23.0 Å². The van der Waals surface area contributed by atoms with Crippen molar-refractivity contribution in [2.45, 2.75) is 26.4 Å². The number of hydroxylamine groups is 1. The van der Waals surface area contributed by atoms with Crippen molar-refractivity contribution in [3.8, 4) is 0 Å². The number of halogens is 3. The quantitative estimate of drug-likeness (QED) is 0.352. The number of hydrogen-bond donors (Lipinski definition) is 3. The molecule has 2 rings (SSSR count). The number of carbonyl (C=O) groups excluding carboxylic acids is 1. The highest BCUT2D eigenvalue weighted by atomic mass is 127. The zero-order valence-corrected chi connectivity index (χ0v) is 17.8. The Bertz CT molecular complexity index is 805. The van der Waals surface area contributed by atoms with Gasteiger partial charge in [-0.25, -0.2) is 9.87 Å². The second kappa shape index (κ2) is 10.2. The molecule has 3 N–H and O–H groups in total. The summed E-state index contributed by atoms with van der Waals surface area (Å²) < 4.78 is 14.6. The Morgan fingerprint density at radius 3 is 2.67 bits per heavy atom. The van der Waals surface area contributed by atoms with Crippen LogP contribution in [0.25, 0.3) is 0 Å². The Balaban J connectivity index is 2.09. The van der Waals surface area contributed by atoms with Gasteiger partial charge in [0, 0.05) is 3.57 Å². The van der Waals surface area contributed by atoms with Gasteiger partial charge in [-0.15, -0.1) is 0 Å². The third-order valence-corrected chi connectivity index (χ3v) is 4.59. The van der Waals surface area contributed by atoms with Crippen molar-refractivity contribution >= 4 is 51.5 Å². The van der Waals surface area contributed by atoms with Crippen molar-refractivity contribution < 1.29 is 19.1 Å². The van der Waals surface area contributed by atoms with E-state index in [9.17, 15) is 14.3 Å². The van der Waals surface area contributed by atoms with Crippen LogP contribution < -0.4 is 10.8 Å². The minimum atomic E-state index is -0.679. The molecule has 2 aromatic rings. The molecule has 1 unspecified atom stereocenters. The zero-order valence-electron chi connectivity index (χ0n) is 14.9. The fourth-order valence-electron chi connectivity index (χ4n) is 2.42. The number of nitrogens with one attached hydrogen (secondary N) is 2. The highest BCUT2D eigenvalue weighted by Gasteiger charge is 2.15. The summed E-state index contributed by atoms with van der Waals surface area (Å²) in [6, 6.07) is 9.08. The van der Waals surface area contributed by atoms with E-state index >= 15 is 0 Å². The Hall–Kier alpha value is -1.42. The van der Waals surface area contributed by atoms with Gasteiger partial charge < -0.3 is 10.4 Å². The average Bonchev–Trinajstić information content (AvgIpc) is 2.56. The van der Waals surface area contributed by atoms with Crippen molar-refractivity contribution in [2.75, 3.05) is 11.9 Å². The smallest absolute Gasteiger partial charge is 0.276 e. The lowest BCUT2D eigenvalue weighted by Crippen LogP contribution is -2.29. The molecule has 5 nitrogen and oxygen atoms in total. The van der Waals surface area contributed by atoms with Crippen LogP contribution in [-0.2, 0) is 4.84 Å². The lowest BCUT2D eigenvalue weighted by atomic mass is 10.1. The van der Waals surface area contributed by atoms with Gasteiger partial charge in [0.25, 0.3) is 5.91 Å². The summed E-state index contributed by atoms with van der Waals surface area (Å²) in [5, 5.41) is 13.2. The van der Waals surface area contributed by atoms with E-state index in [0.717, 1.165) is 3.57 Å². The molecule has 0 saturated heterocycles. The fraction of sp³-hybridized carbons (Fsp3) is 0.316. The minimum absolute atomic E-state index is 0.0309. The molecule has 0 radical (unpaired) electrons. The average molecular weight is 507 g/mol. The number of anilines is 2. The Kier molecular flexibility index (Phi) is 8.28. The summed E-state index contributed by atoms with van der Waals surface area (Å²) in [7, 11) is 0. The first-order valence-corrected chi connectivity index (χ1v) is 9.83. The fourth-order valence-corrected chi connectivity index (χ4v) is 3.33. The van der Waals surface area contributed by atoms with Gasteiger partial charge >= 0.3 is 0 Å². The first-order chi connectivity index (χ1) is 12.8. The molecule has 1 amide bonds. The molecule has 0 bridgehead atoms. The second-order valence-electron chi connectivity index (χ2n) is 6.46. The summed E-state index contributed by atoms with van der Waals surface area (Å²) in [5.74, 6) is -0.745. The molecule has 0 saturated carbocycles. The molecule has 146 valence electrons. The van der Waals surface area contributed by atoms with Gasteiger partial charge in [0.1, 0.15) is 12.4 Å². The maximum Gasteiger partial charge on any atom is 0.276 e. The molecule has 0 heterocycles. The van der Waals surface area contributed by atoms with E-state index in [1.165, 1.54) is 18.2 Å². The molecular weight excluding hydrogens is 486 g/mol. The number of amides is 1. The van der Waals surface area contributed by atoms with E-state index in [1.54, 1.807) is 12.1 Å². The summed E-state index contributed by atoms with van der Waals surface area (Å²) >= 11 is 8.33. The van der Waals surface area contributed by atoms with E-state index in [4.69, 9.17) is 16.4 Å². The molecule has 0 spiro atoms. The van der Waals surface area contributed by atoms with Gasteiger partial charge in [-0.1, -0.05) is 25.4 Å². The predicted octanol–water partition coefficient (Wildman–Crippen LogP) is 4.90. The van der Waals surface area contributed by atoms with Crippen LogP contribution in [0.1, 0.15) is 30.6 Å². The monoisotopic (exact) mass is 506 g/mol. The first kappa shape index (κ1) is 21.9. The molecule has 0 aliphatic carbocycles. The van der Waals surface area contributed by atoms with Crippen LogP contribution in [0.4, 0.5) is 15.8 Å². The van der Waals surface area contributed by atoms with Gasteiger partial charge in [0.2, 0.25) is 0 Å². The van der Waals surface area contributed by atoms with Crippen LogP contribution in [0.5, 0.6) is 0 Å². The third-order valence-electron chi connectivity index (χ3n) is 3.61. The molecule has 0 fully saturated rings. The molecular formula is C19H21ClFIN2O3. The Morgan fingerprint density at radius 1 is 1.26 bits per heavy atom. The summed E-state index contributed by atoms with van der Waals surface area (Å²) in [5.41, 5.74) is 3.26. The number of carbonyl (C=O) groups is 1. The summed E-state index contributed by atoms with van der Waals surface area (Å²) in [4.78, 5) is 17.5. The number of aliphatic hydroxyl groups is 1. The SMILES string of the molecule is CC(C)CC(O)CONC(=O)c1ccc(F)cc1Nc1ccc(I)cc1Cl. The normalized spacial score (nSPS) is 12.1. The topological polar surface area (TPSA) is 70.6 Å². The first-order valence-electron chi connectivity index (χ1n) is 8.38. The summed E-state index contributed by atoms with van der Waals surface area (Å²) in [6.07, 6.45) is -0.119. The maximum absolute atomic E-state index is 13.7. The lowest BCUT2D eigenvalue weighted by molar-refractivity contribution is -0.0181. The summed E-state index contributed by atoms with van der Waals surface area (Å²) in [6.45, 7) is 3.93. The molecule has 0 aliphatic rings. The molecule has 0 aliphatic heterocycles. The van der Waals surface area contributed by atoms with Gasteiger partial charge in [-0.2, -0.15) is 0 Å². The lowest BCUT2D eigenvalue weighted by Gasteiger charge is -2.15. The van der Waals surface area contributed by atoms with Crippen molar-refractivity contribution in [3.63, 3.8) is 0 Å². The molecule has 8 heteroatoms. The maximum atomic E-state index is 13.7. The zero-order chi connectivity index (χ0) is 20.0. The molecule has 1 atom stereocenters. The highest BCUT2D eigenvalue weighted by Crippen LogP contribution is 2.29. The van der Waals surface area contributed by atoms with Crippen molar-refractivity contribution in [1.82, 2.24) is 5.48 Å². The Labute approximate surface area is 176 Å². The largest absolute Gasteiger partial charge is 0.391 e.